The molecule has 0 aromatic heterocycles. The summed E-state index contributed by atoms with van der Waals surface area (Å²) in [6, 6.07) is 7.35. The third-order valence-corrected chi connectivity index (χ3v) is 4.73. The van der Waals surface area contributed by atoms with Crippen molar-refractivity contribution >= 4 is 17.5 Å². The second-order valence-corrected chi connectivity index (χ2v) is 6.52. The molecule has 0 spiro atoms. The summed E-state index contributed by atoms with van der Waals surface area (Å²) in [4.78, 5) is 24.3. The van der Waals surface area contributed by atoms with Crippen molar-refractivity contribution in [3.05, 3.63) is 29.8 Å². The van der Waals surface area contributed by atoms with Gasteiger partial charge in [0.05, 0.1) is 6.04 Å². The number of benzene rings is 1. The summed E-state index contributed by atoms with van der Waals surface area (Å²) >= 11 is 0. The van der Waals surface area contributed by atoms with E-state index in [2.05, 4.69) is 16.0 Å². The Morgan fingerprint density at radius 2 is 1.65 bits per heavy atom. The van der Waals surface area contributed by atoms with Crippen molar-refractivity contribution in [2.45, 2.75) is 57.0 Å². The maximum Gasteiger partial charge on any atom is 0.251 e. The molecule has 0 radical (unpaired) electrons. The number of piperidine rings is 1. The molecule has 2 aliphatic rings. The van der Waals surface area contributed by atoms with Gasteiger partial charge in [-0.3, -0.25) is 9.59 Å². The average Bonchev–Trinajstić information content (AvgIpc) is 3.09. The van der Waals surface area contributed by atoms with Gasteiger partial charge in [0.2, 0.25) is 5.91 Å². The molecule has 0 bridgehead atoms. The summed E-state index contributed by atoms with van der Waals surface area (Å²) in [6.45, 7) is 0.901. The minimum absolute atomic E-state index is 0.00728. The number of rotatable bonds is 4. The van der Waals surface area contributed by atoms with Crippen LogP contribution in [0, 0.1) is 0 Å². The van der Waals surface area contributed by atoms with E-state index in [-0.39, 0.29) is 17.9 Å². The van der Waals surface area contributed by atoms with Crippen LogP contribution in [0.25, 0.3) is 0 Å². The predicted molar refractivity (Wildman–Crippen MR) is 90.4 cm³/mol. The minimum Gasteiger partial charge on any atom is -0.349 e. The van der Waals surface area contributed by atoms with Gasteiger partial charge in [-0.15, -0.1) is 0 Å². The second kappa shape index (κ2) is 7.59. The molecule has 3 rings (SSSR count). The molecule has 1 saturated carbocycles. The number of hydrogen-bond acceptors (Lipinski definition) is 3. The summed E-state index contributed by atoms with van der Waals surface area (Å²) in [7, 11) is 0. The van der Waals surface area contributed by atoms with E-state index in [1.54, 1.807) is 24.3 Å². The second-order valence-electron chi connectivity index (χ2n) is 6.52. The topological polar surface area (TPSA) is 70.2 Å². The third kappa shape index (κ3) is 4.32. The Kier molecular flexibility index (Phi) is 5.28. The molecule has 1 aliphatic carbocycles. The first kappa shape index (κ1) is 16.0. The van der Waals surface area contributed by atoms with E-state index in [9.17, 15) is 9.59 Å². The van der Waals surface area contributed by atoms with Gasteiger partial charge in [0.1, 0.15) is 0 Å². The van der Waals surface area contributed by atoms with Gasteiger partial charge in [-0.2, -0.15) is 0 Å². The van der Waals surface area contributed by atoms with Crippen LogP contribution >= 0.6 is 0 Å². The normalized spacial score (nSPS) is 21.8. The Morgan fingerprint density at radius 3 is 2.30 bits per heavy atom. The van der Waals surface area contributed by atoms with Crippen molar-refractivity contribution in [2.75, 3.05) is 11.9 Å². The van der Waals surface area contributed by atoms with E-state index in [0.29, 0.717) is 11.6 Å². The van der Waals surface area contributed by atoms with Crippen molar-refractivity contribution in [2.24, 2.45) is 0 Å². The van der Waals surface area contributed by atoms with Gasteiger partial charge in [-0.05, 0) is 56.5 Å². The van der Waals surface area contributed by atoms with E-state index in [4.69, 9.17) is 0 Å². The first-order valence-corrected chi connectivity index (χ1v) is 8.67. The molecule has 124 valence electrons. The first-order valence-electron chi connectivity index (χ1n) is 8.67. The van der Waals surface area contributed by atoms with E-state index < -0.39 is 0 Å². The largest absolute Gasteiger partial charge is 0.349 e. The van der Waals surface area contributed by atoms with Gasteiger partial charge in [0.25, 0.3) is 5.91 Å². The quantitative estimate of drug-likeness (QED) is 0.799. The van der Waals surface area contributed by atoms with Gasteiger partial charge in [-0.25, -0.2) is 0 Å². The molecule has 1 aromatic carbocycles. The van der Waals surface area contributed by atoms with Crippen LogP contribution in [0.1, 0.15) is 55.3 Å². The monoisotopic (exact) mass is 315 g/mol. The molecular weight excluding hydrogens is 290 g/mol. The fraction of sp³-hybridized carbons (Fsp3) is 0.556. The number of hydrogen-bond donors (Lipinski definition) is 3. The summed E-state index contributed by atoms with van der Waals surface area (Å²) in [5, 5.41) is 9.22. The zero-order valence-electron chi connectivity index (χ0n) is 13.4. The lowest BCUT2D eigenvalue weighted by molar-refractivity contribution is -0.118. The van der Waals surface area contributed by atoms with E-state index >= 15 is 0 Å². The van der Waals surface area contributed by atoms with Crippen LogP contribution in [0.3, 0.4) is 0 Å². The number of carbonyl (C=O) groups excluding carboxylic acids is 2. The molecule has 2 fully saturated rings. The van der Waals surface area contributed by atoms with E-state index in [1.807, 2.05) is 0 Å². The fourth-order valence-electron chi connectivity index (χ4n) is 3.35. The third-order valence-electron chi connectivity index (χ3n) is 4.73. The standard InChI is InChI=1S/C18H25N3O2/c22-17(20-14-5-1-2-6-14)13-8-10-15(11-9-13)21-18(23)16-7-3-4-12-19-16/h8-11,14,16,19H,1-7,12H2,(H,20,22)(H,21,23). The van der Waals surface area contributed by atoms with Crippen LogP contribution in [0.4, 0.5) is 5.69 Å². The van der Waals surface area contributed by atoms with Gasteiger partial charge in [-0.1, -0.05) is 19.3 Å². The zero-order valence-corrected chi connectivity index (χ0v) is 13.4. The summed E-state index contributed by atoms with van der Waals surface area (Å²) in [5.41, 5.74) is 1.38. The van der Waals surface area contributed by atoms with Crippen LogP contribution in [-0.2, 0) is 4.79 Å². The van der Waals surface area contributed by atoms with Crippen molar-refractivity contribution in [3.8, 4) is 0 Å². The Bertz CT molecular complexity index is 544. The predicted octanol–water partition coefficient (Wildman–Crippen LogP) is 2.44. The lowest BCUT2D eigenvalue weighted by Gasteiger charge is -2.22. The van der Waals surface area contributed by atoms with Crippen LogP contribution in [0.15, 0.2) is 24.3 Å². The SMILES string of the molecule is O=C(NC1CCCC1)c1ccc(NC(=O)C2CCCCN2)cc1. The molecular formula is C18H25N3O2. The molecule has 1 aromatic rings. The van der Waals surface area contributed by atoms with Crippen molar-refractivity contribution in [1.29, 1.82) is 0 Å². The molecule has 1 heterocycles. The highest BCUT2D eigenvalue weighted by Gasteiger charge is 2.21. The molecule has 23 heavy (non-hydrogen) atoms. The van der Waals surface area contributed by atoms with Crippen molar-refractivity contribution < 1.29 is 9.59 Å². The fourth-order valence-corrected chi connectivity index (χ4v) is 3.35. The average molecular weight is 315 g/mol. The molecule has 5 nitrogen and oxygen atoms in total. The molecule has 1 atom stereocenters. The van der Waals surface area contributed by atoms with Crippen LogP contribution in [-0.4, -0.2) is 30.4 Å². The van der Waals surface area contributed by atoms with Gasteiger partial charge in [0.15, 0.2) is 0 Å². The minimum atomic E-state index is -0.103. The highest BCUT2D eigenvalue weighted by Crippen LogP contribution is 2.18. The number of carbonyl (C=O) groups is 2. The number of anilines is 1. The maximum atomic E-state index is 12.2. The molecule has 2 amide bonds. The summed E-state index contributed by atoms with van der Waals surface area (Å²) < 4.78 is 0. The Hall–Kier alpha value is -1.88. The lowest BCUT2D eigenvalue weighted by Crippen LogP contribution is -2.43. The van der Waals surface area contributed by atoms with Gasteiger partial charge < -0.3 is 16.0 Å². The van der Waals surface area contributed by atoms with E-state index in [0.717, 1.165) is 44.3 Å². The smallest absolute Gasteiger partial charge is 0.251 e. The highest BCUT2D eigenvalue weighted by molar-refractivity contribution is 5.97. The number of nitrogens with one attached hydrogen (secondary N) is 3. The van der Waals surface area contributed by atoms with Gasteiger partial charge >= 0.3 is 0 Å². The van der Waals surface area contributed by atoms with Crippen molar-refractivity contribution in [3.63, 3.8) is 0 Å². The van der Waals surface area contributed by atoms with E-state index in [1.165, 1.54) is 12.8 Å². The Labute approximate surface area is 137 Å². The Balaban J connectivity index is 1.53. The van der Waals surface area contributed by atoms with Gasteiger partial charge in [0, 0.05) is 17.3 Å². The van der Waals surface area contributed by atoms with Crippen LogP contribution in [0.5, 0.6) is 0 Å². The van der Waals surface area contributed by atoms with Crippen molar-refractivity contribution in [1.82, 2.24) is 10.6 Å². The molecule has 1 aliphatic heterocycles. The maximum absolute atomic E-state index is 12.2. The first-order chi connectivity index (χ1) is 11.2. The van der Waals surface area contributed by atoms with Crippen LogP contribution < -0.4 is 16.0 Å². The molecule has 1 saturated heterocycles. The summed E-state index contributed by atoms with van der Waals surface area (Å²) in [6.07, 6.45) is 7.66. The Morgan fingerprint density at radius 1 is 0.957 bits per heavy atom. The molecule has 3 N–H and O–H groups in total. The van der Waals surface area contributed by atoms with Crippen LogP contribution in [0.2, 0.25) is 0 Å². The lowest BCUT2D eigenvalue weighted by atomic mass is 10.0. The molecule has 1 unspecified atom stereocenters. The highest BCUT2D eigenvalue weighted by atomic mass is 16.2. The number of amides is 2. The molecule has 5 heteroatoms. The zero-order chi connectivity index (χ0) is 16.1. The summed E-state index contributed by atoms with van der Waals surface area (Å²) in [5.74, 6) is -0.0171.